The van der Waals surface area contributed by atoms with Crippen molar-refractivity contribution in [1.82, 2.24) is 10.2 Å². The number of nitrogens with zero attached hydrogens (tertiary/aromatic N) is 2. The normalized spacial score (nSPS) is 30.3. The Morgan fingerprint density at radius 3 is 2.46 bits per heavy atom. The van der Waals surface area contributed by atoms with Crippen LogP contribution >= 0.6 is 0 Å². The first kappa shape index (κ1) is 19.5. The summed E-state index contributed by atoms with van der Waals surface area (Å²) in [5.41, 5.74) is -1.23. The number of likely N-dealkylation sites (tertiary alicyclic amines) is 1. The van der Waals surface area contributed by atoms with E-state index in [0.29, 0.717) is 13.1 Å². The minimum Gasteiger partial charge on any atom is -0.444 e. The minimum absolute atomic E-state index is 0.0351. The van der Waals surface area contributed by atoms with Crippen LogP contribution < -0.4 is 5.32 Å². The van der Waals surface area contributed by atoms with Crippen molar-refractivity contribution >= 4 is 19.0 Å². The summed E-state index contributed by atoms with van der Waals surface area (Å²) in [6, 6.07) is -0.0581. The van der Waals surface area contributed by atoms with E-state index in [1.807, 2.05) is 48.5 Å². The average molecular weight is 365 g/mol. The lowest BCUT2D eigenvalue weighted by molar-refractivity contribution is 0.00578. The van der Waals surface area contributed by atoms with Crippen molar-refractivity contribution in [2.75, 3.05) is 13.1 Å². The van der Waals surface area contributed by atoms with E-state index in [0.717, 1.165) is 18.7 Å². The van der Waals surface area contributed by atoms with Crippen molar-refractivity contribution in [3.8, 4) is 0 Å². The lowest BCUT2D eigenvalue weighted by Crippen LogP contribution is -2.51. The first-order valence-electron chi connectivity index (χ1n) is 9.56. The number of amidine groups is 1. The van der Waals surface area contributed by atoms with E-state index in [1.54, 1.807) is 4.90 Å². The summed E-state index contributed by atoms with van der Waals surface area (Å²) in [4.78, 5) is 19.0. The third-order valence-electron chi connectivity index (χ3n) is 5.59. The Bertz CT molecular complexity index is 584. The number of hydrogen-bond acceptors (Lipinski definition) is 6. The molecule has 146 valence electrons. The van der Waals surface area contributed by atoms with Crippen LogP contribution in [0.2, 0.25) is 0 Å². The highest BCUT2D eigenvalue weighted by Gasteiger charge is 2.55. The van der Waals surface area contributed by atoms with Crippen molar-refractivity contribution < 1.29 is 18.8 Å². The van der Waals surface area contributed by atoms with Gasteiger partial charge in [-0.25, -0.2) is 4.79 Å². The SMILES string of the molecule is CC(C)(C)OC(=O)N1CCC[C@H]1C1=NCC(B2OC(C)(C)C(C)(C)O2)N1. The van der Waals surface area contributed by atoms with Crippen LogP contribution in [0, 0.1) is 0 Å². The molecule has 1 unspecified atom stereocenters. The maximum Gasteiger partial charge on any atom is 0.483 e. The molecule has 2 saturated heterocycles. The standard InChI is InChI=1S/C18H32BN3O4/c1-16(2,3)24-15(23)22-10-8-9-12(22)14-20-11-13(21-14)19-25-17(4,5)18(6,7)26-19/h12-13H,8-11H2,1-7H3,(H,20,21)/t12-,13?/m0/s1. The van der Waals surface area contributed by atoms with Gasteiger partial charge in [0.1, 0.15) is 11.4 Å². The zero-order valence-electron chi connectivity index (χ0n) is 17.1. The van der Waals surface area contributed by atoms with Crippen molar-refractivity contribution in [2.24, 2.45) is 4.99 Å². The van der Waals surface area contributed by atoms with Crippen LogP contribution in [-0.2, 0) is 14.0 Å². The third-order valence-corrected chi connectivity index (χ3v) is 5.59. The highest BCUT2D eigenvalue weighted by Crippen LogP contribution is 2.38. The van der Waals surface area contributed by atoms with Crippen LogP contribution in [0.3, 0.4) is 0 Å². The number of carbonyl (C=O) groups excluding carboxylic acids is 1. The Morgan fingerprint density at radius 1 is 1.27 bits per heavy atom. The summed E-state index contributed by atoms with van der Waals surface area (Å²) in [5, 5.41) is 3.45. The van der Waals surface area contributed by atoms with Gasteiger partial charge in [-0.3, -0.25) is 9.89 Å². The number of ether oxygens (including phenoxy) is 1. The van der Waals surface area contributed by atoms with Crippen LogP contribution in [0.5, 0.6) is 0 Å². The molecule has 1 amide bonds. The van der Waals surface area contributed by atoms with Crippen LogP contribution in [0.4, 0.5) is 4.79 Å². The Labute approximate surface area is 157 Å². The van der Waals surface area contributed by atoms with Crippen molar-refractivity contribution in [3.63, 3.8) is 0 Å². The van der Waals surface area contributed by atoms with Crippen LogP contribution in [-0.4, -0.2) is 65.8 Å². The quantitative estimate of drug-likeness (QED) is 0.761. The molecule has 3 aliphatic heterocycles. The number of rotatable bonds is 2. The van der Waals surface area contributed by atoms with Gasteiger partial charge in [-0.05, 0) is 61.3 Å². The molecule has 1 N–H and O–H groups in total. The molecule has 2 atom stereocenters. The second-order valence-electron chi connectivity index (χ2n) is 9.43. The van der Waals surface area contributed by atoms with E-state index in [1.165, 1.54) is 0 Å². The van der Waals surface area contributed by atoms with Gasteiger partial charge >= 0.3 is 13.2 Å². The fourth-order valence-electron chi connectivity index (χ4n) is 3.48. The summed E-state index contributed by atoms with van der Waals surface area (Å²) in [6.45, 7) is 15.1. The average Bonchev–Trinajstić information content (AvgIpc) is 3.16. The molecule has 3 rings (SSSR count). The molecule has 0 spiro atoms. The highest BCUT2D eigenvalue weighted by atomic mass is 16.7. The predicted molar refractivity (Wildman–Crippen MR) is 101 cm³/mol. The highest BCUT2D eigenvalue weighted by molar-refractivity contribution is 6.48. The fourth-order valence-corrected chi connectivity index (χ4v) is 3.48. The minimum atomic E-state index is -0.500. The Hall–Kier alpha value is -1.28. The summed E-state index contributed by atoms with van der Waals surface area (Å²) in [5.74, 6) is 0.806. The molecule has 26 heavy (non-hydrogen) atoms. The molecule has 8 heteroatoms. The molecule has 7 nitrogen and oxygen atoms in total. The smallest absolute Gasteiger partial charge is 0.444 e. The van der Waals surface area contributed by atoms with Gasteiger partial charge in [-0.1, -0.05) is 0 Å². The molecular formula is C18H32BN3O4. The van der Waals surface area contributed by atoms with Gasteiger partial charge in [0, 0.05) is 6.54 Å². The molecule has 0 bridgehead atoms. The van der Waals surface area contributed by atoms with Gasteiger partial charge in [0.05, 0.1) is 29.7 Å². The van der Waals surface area contributed by atoms with Crippen molar-refractivity contribution in [1.29, 1.82) is 0 Å². The van der Waals surface area contributed by atoms with Gasteiger partial charge in [0.2, 0.25) is 0 Å². The fraction of sp³-hybridized carbons (Fsp3) is 0.889. The number of nitrogens with one attached hydrogen (secondary N) is 1. The maximum atomic E-state index is 12.5. The van der Waals surface area contributed by atoms with E-state index in [9.17, 15) is 4.79 Å². The summed E-state index contributed by atoms with van der Waals surface area (Å²) in [7, 11) is -0.349. The molecule has 0 aliphatic carbocycles. The molecule has 0 radical (unpaired) electrons. The second kappa shape index (κ2) is 6.41. The monoisotopic (exact) mass is 365 g/mol. The molecule has 3 aliphatic rings. The van der Waals surface area contributed by atoms with Gasteiger partial charge in [0.15, 0.2) is 0 Å². The summed E-state index contributed by atoms with van der Waals surface area (Å²) in [6.07, 6.45) is 1.57. The zero-order chi connectivity index (χ0) is 19.3. The zero-order valence-corrected chi connectivity index (χ0v) is 17.1. The Balaban J connectivity index is 1.62. The van der Waals surface area contributed by atoms with E-state index in [-0.39, 0.29) is 36.4 Å². The number of aliphatic imine (C=N–C) groups is 1. The van der Waals surface area contributed by atoms with Gasteiger partial charge in [-0.2, -0.15) is 0 Å². The summed E-state index contributed by atoms with van der Waals surface area (Å²) >= 11 is 0. The van der Waals surface area contributed by atoms with Crippen LogP contribution in [0.1, 0.15) is 61.3 Å². The van der Waals surface area contributed by atoms with Gasteiger partial charge < -0.3 is 19.4 Å². The number of carbonyl (C=O) groups is 1. The van der Waals surface area contributed by atoms with Crippen LogP contribution in [0.25, 0.3) is 0 Å². The molecule has 0 aromatic carbocycles. The molecule has 0 saturated carbocycles. The molecule has 2 fully saturated rings. The molecule has 0 aromatic heterocycles. The lowest BCUT2D eigenvalue weighted by atomic mass is 9.79. The van der Waals surface area contributed by atoms with E-state index < -0.39 is 5.60 Å². The second-order valence-corrected chi connectivity index (χ2v) is 9.43. The van der Waals surface area contributed by atoms with E-state index in [4.69, 9.17) is 14.0 Å². The van der Waals surface area contributed by atoms with E-state index in [2.05, 4.69) is 10.3 Å². The van der Waals surface area contributed by atoms with Crippen LogP contribution in [0.15, 0.2) is 4.99 Å². The number of amides is 1. The Kier molecular flexibility index (Phi) is 4.80. The Morgan fingerprint density at radius 2 is 1.88 bits per heavy atom. The topological polar surface area (TPSA) is 72.4 Å². The predicted octanol–water partition coefficient (Wildman–Crippen LogP) is 2.39. The van der Waals surface area contributed by atoms with Gasteiger partial charge in [0.25, 0.3) is 0 Å². The largest absolute Gasteiger partial charge is 0.483 e. The summed E-state index contributed by atoms with van der Waals surface area (Å²) < 4.78 is 17.8. The lowest BCUT2D eigenvalue weighted by Gasteiger charge is -2.32. The number of hydrogen-bond donors (Lipinski definition) is 1. The first-order valence-corrected chi connectivity index (χ1v) is 9.56. The van der Waals surface area contributed by atoms with Crippen molar-refractivity contribution in [3.05, 3.63) is 0 Å². The van der Waals surface area contributed by atoms with E-state index >= 15 is 0 Å². The molecular weight excluding hydrogens is 333 g/mol. The molecule has 0 aromatic rings. The van der Waals surface area contributed by atoms with Gasteiger partial charge in [-0.15, -0.1) is 0 Å². The third kappa shape index (κ3) is 3.72. The van der Waals surface area contributed by atoms with Crippen molar-refractivity contribution in [2.45, 2.75) is 90.1 Å². The maximum absolute atomic E-state index is 12.5. The molecule has 3 heterocycles. The first-order chi connectivity index (χ1) is 11.9.